The van der Waals surface area contributed by atoms with Gasteiger partial charge >= 0.3 is 5.97 Å². The molecule has 4 aromatic rings. The number of nitrogens with zero attached hydrogens (tertiary/aromatic N) is 3. The maximum absolute atomic E-state index is 12.3. The van der Waals surface area contributed by atoms with E-state index in [1.807, 2.05) is 35.7 Å². The summed E-state index contributed by atoms with van der Waals surface area (Å²) >= 11 is 1.66. The van der Waals surface area contributed by atoms with Crippen molar-refractivity contribution in [2.24, 2.45) is 0 Å². The smallest absolute Gasteiger partial charge is 0.338 e. The van der Waals surface area contributed by atoms with E-state index in [4.69, 9.17) is 4.74 Å². The zero-order chi connectivity index (χ0) is 17.1. The standard InChI is InChI=1S/C19H15N3O2S/c23-19(24-10-16-11-25-18-4-2-1-3-17(16)18)15-7-5-14(6-8-15)9-22-13-20-12-21-22/h1-8,11-13H,9-10H2. The number of thiophene rings is 1. The van der Waals surface area contributed by atoms with Crippen molar-refractivity contribution in [3.8, 4) is 0 Å². The lowest BCUT2D eigenvalue weighted by molar-refractivity contribution is 0.0475. The van der Waals surface area contributed by atoms with E-state index >= 15 is 0 Å². The molecule has 0 spiro atoms. The highest BCUT2D eigenvalue weighted by Gasteiger charge is 2.10. The van der Waals surface area contributed by atoms with Crippen molar-refractivity contribution in [3.05, 3.63) is 83.3 Å². The number of fused-ring (bicyclic) bond motifs is 1. The van der Waals surface area contributed by atoms with Gasteiger partial charge < -0.3 is 4.74 Å². The Hall–Kier alpha value is -2.99. The average Bonchev–Trinajstić information content (AvgIpc) is 3.30. The van der Waals surface area contributed by atoms with E-state index in [1.54, 1.807) is 34.5 Å². The number of ether oxygens (including phenoxy) is 1. The van der Waals surface area contributed by atoms with Crippen LogP contribution < -0.4 is 0 Å². The molecule has 0 aliphatic heterocycles. The summed E-state index contributed by atoms with van der Waals surface area (Å²) < 4.78 is 8.40. The van der Waals surface area contributed by atoms with Crippen LogP contribution in [0.4, 0.5) is 0 Å². The van der Waals surface area contributed by atoms with Crippen LogP contribution in [0, 0.1) is 0 Å². The Bertz CT molecular complexity index is 991. The van der Waals surface area contributed by atoms with E-state index < -0.39 is 0 Å². The first-order valence-corrected chi connectivity index (χ1v) is 8.71. The van der Waals surface area contributed by atoms with Crippen LogP contribution in [0.1, 0.15) is 21.5 Å². The monoisotopic (exact) mass is 349 g/mol. The number of hydrogen-bond acceptors (Lipinski definition) is 5. The number of carbonyl (C=O) groups excluding carboxylic acids is 1. The van der Waals surface area contributed by atoms with Crippen molar-refractivity contribution in [2.45, 2.75) is 13.2 Å². The molecular weight excluding hydrogens is 334 g/mol. The van der Waals surface area contributed by atoms with Gasteiger partial charge in [-0.05, 0) is 34.5 Å². The summed E-state index contributed by atoms with van der Waals surface area (Å²) in [6.45, 7) is 0.903. The van der Waals surface area contributed by atoms with Crippen LogP contribution >= 0.6 is 11.3 Å². The van der Waals surface area contributed by atoms with Crippen LogP contribution in [0.2, 0.25) is 0 Å². The lowest BCUT2D eigenvalue weighted by Crippen LogP contribution is -2.06. The zero-order valence-electron chi connectivity index (χ0n) is 13.3. The minimum absolute atomic E-state index is 0.281. The zero-order valence-corrected chi connectivity index (χ0v) is 14.1. The van der Waals surface area contributed by atoms with Crippen LogP contribution in [0.25, 0.3) is 10.1 Å². The number of aromatic nitrogens is 3. The third kappa shape index (κ3) is 3.44. The van der Waals surface area contributed by atoms with Gasteiger partial charge in [-0.1, -0.05) is 30.3 Å². The molecule has 0 aliphatic rings. The molecular formula is C19H15N3O2S. The van der Waals surface area contributed by atoms with Gasteiger partial charge in [0.25, 0.3) is 0 Å². The molecule has 0 aliphatic carbocycles. The highest BCUT2D eigenvalue weighted by molar-refractivity contribution is 7.17. The van der Waals surface area contributed by atoms with Crippen molar-refractivity contribution >= 4 is 27.4 Å². The normalized spacial score (nSPS) is 10.9. The lowest BCUT2D eigenvalue weighted by Gasteiger charge is -2.06. The van der Waals surface area contributed by atoms with Crippen LogP contribution in [0.15, 0.2) is 66.6 Å². The van der Waals surface area contributed by atoms with Gasteiger partial charge in [0.05, 0.1) is 12.1 Å². The summed E-state index contributed by atoms with van der Waals surface area (Å²) in [4.78, 5) is 16.2. The van der Waals surface area contributed by atoms with Gasteiger partial charge in [-0.15, -0.1) is 11.3 Å². The molecule has 0 saturated carbocycles. The molecule has 0 N–H and O–H groups in total. The van der Waals surface area contributed by atoms with Crippen molar-refractivity contribution in [2.75, 3.05) is 0 Å². The highest BCUT2D eigenvalue weighted by atomic mass is 32.1. The Balaban J connectivity index is 1.41. The van der Waals surface area contributed by atoms with E-state index in [9.17, 15) is 4.79 Å². The largest absolute Gasteiger partial charge is 0.457 e. The maximum Gasteiger partial charge on any atom is 0.338 e. The molecule has 5 nitrogen and oxygen atoms in total. The fourth-order valence-electron chi connectivity index (χ4n) is 2.62. The number of carbonyl (C=O) groups is 1. The summed E-state index contributed by atoms with van der Waals surface area (Å²) in [6, 6.07) is 15.5. The van der Waals surface area contributed by atoms with Crippen LogP contribution in [0.3, 0.4) is 0 Å². The molecule has 0 bridgehead atoms. The predicted molar refractivity (Wildman–Crippen MR) is 96.5 cm³/mol. The molecule has 2 aromatic heterocycles. The topological polar surface area (TPSA) is 57.0 Å². The van der Waals surface area contributed by atoms with Crippen LogP contribution in [0.5, 0.6) is 0 Å². The molecule has 2 heterocycles. The Morgan fingerprint density at radius 3 is 2.76 bits per heavy atom. The van der Waals surface area contributed by atoms with Crippen molar-refractivity contribution in [1.82, 2.24) is 14.8 Å². The number of esters is 1. The Morgan fingerprint density at radius 2 is 1.96 bits per heavy atom. The average molecular weight is 349 g/mol. The summed E-state index contributed by atoms with van der Waals surface area (Å²) in [7, 11) is 0. The van der Waals surface area contributed by atoms with Gasteiger partial charge in [-0.3, -0.25) is 0 Å². The lowest BCUT2D eigenvalue weighted by atomic mass is 10.1. The Kier molecular flexibility index (Phi) is 4.26. The quantitative estimate of drug-likeness (QED) is 0.513. The van der Waals surface area contributed by atoms with Gasteiger partial charge in [0.15, 0.2) is 0 Å². The predicted octanol–water partition coefficient (Wildman–Crippen LogP) is 3.90. The fourth-order valence-corrected chi connectivity index (χ4v) is 3.57. The SMILES string of the molecule is O=C(OCc1csc2ccccc12)c1ccc(Cn2cncn2)cc1. The third-order valence-electron chi connectivity index (χ3n) is 3.92. The second-order valence-corrected chi connectivity index (χ2v) is 6.53. The number of rotatable bonds is 5. The van der Waals surface area contributed by atoms with Crippen molar-refractivity contribution in [3.63, 3.8) is 0 Å². The summed E-state index contributed by atoms with van der Waals surface area (Å²) in [5, 5.41) is 7.25. The van der Waals surface area contributed by atoms with Gasteiger partial charge in [0.1, 0.15) is 19.3 Å². The summed E-state index contributed by atoms with van der Waals surface area (Å²) in [5.74, 6) is -0.317. The van der Waals surface area contributed by atoms with E-state index in [1.165, 1.54) is 11.0 Å². The van der Waals surface area contributed by atoms with E-state index in [0.29, 0.717) is 12.1 Å². The number of benzene rings is 2. The van der Waals surface area contributed by atoms with Crippen LogP contribution in [-0.4, -0.2) is 20.7 Å². The number of hydrogen-bond donors (Lipinski definition) is 0. The minimum Gasteiger partial charge on any atom is -0.457 e. The molecule has 0 radical (unpaired) electrons. The molecule has 0 atom stereocenters. The molecule has 0 fully saturated rings. The summed E-state index contributed by atoms with van der Waals surface area (Å²) in [5.41, 5.74) is 2.63. The molecule has 0 amide bonds. The van der Waals surface area contributed by atoms with Gasteiger partial charge in [-0.25, -0.2) is 14.5 Å². The van der Waals surface area contributed by atoms with Crippen LogP contribution in [-0.2, 0) is 17.9 Å². The highest BCUT2D eigenvalue weighted by Crippen LogP contribution is 2.26. The first kappa shape index (κ1) is 15.5. The third-order valence-corrected chi connectivity index (χ3v) is 4.93. The van der Waals surface area contributed by atoms with Crippen molar-refractivity contribution < 1.29 is 9.53 Å². The maximum atomic E-state index is 12.3. The van der Waals surface area contributed by atoms with Gasteiger partial charge in [-0.2, -0.15) is 5.10 Å². The summed E-state index contributed by atoms with van der Waals surface area (Å²) in [6.07, 6.45) is 3.16. The van der Waals surface area contributed by atoms with Gasteiger partial charge in [0, 0.05) is 10.3 Å². The molecule has 4 rings (SSSR count). The second-order valence-electron chi connectivity index (χ2n) is 5.62. The first-order valence-electron chi connectivity index (χ1n) is 7.83. The first-order chi connectivity index (χ1) is 12.3. The van der Waals surface area contributed by atoms with Crippen molar-refractivity contribution in [1.29, 1.82) is 0 Å². The molecule has 25 heavy (non-hydrogen) atoms. The molecule has 6 heteroatoms. The van der Waals surface area contributed by atoms with E-state index in [0.717, 1.165) is 16.5 Å². The molecule has 0 saturated heterocycles. The van der Waals surface area contributed by atoms with E-state index in [2.05, 4.69) is 16.1 Å². The fraction of sp³-hybridized carbons (Fsp3) is 0.105. The van der Waals surface area contributed by atoms with Gasteiger partial charge in [0.2, 0.25) is 0 Å². The Morgan fingerprint density at radius 1 is 1.12 bits per heavy atom. The molecule has 124 valence electrons. The molecule has 2 aromatic carbocycles. The minimum atomic E-state index is -0.317. The Labute approximate surface area is 148 Å². The van der Waals surface area contributed by atoms with E-state index in [-0.39, 0.29) is 12.6 Å². The second kappa shape index (κ2) is 6.86. The molecule has 0 unspecified atom stereocenters.